The predicted molar refractivity (Wildman–Crippen MR) is 107 cm³/mol. The largest absolute Gasteiger partial charge is 0.454 e. The van der Waals surface area contributed by atoms with Crippen LogP contribution in [0.1, 0.15) is 15.9 Å². The second-order valence-electron chi connectivity index (χ2n) is 6.49. The molecule has 6 nitrogen and oxygen atoms in total. The Hall–Kier alpha value is -3.88. The number of carbonyl (C=O) groups is 3. The van der Waals surface area contributed by atoms with Crippen LogP contribution in [0, 0.1) is 0 Å². The van der Waals surface area contributed by atoms with Crippen molar-refractivity contribution in [2.75, 3.05) is 18.5 Å². The molecule has 9 heteroatoms. The number of alkyl halides is 3. The minimum atomic E-state index is -4.51. The summed E-state index contributed by atoms with van der Waals surface area (Å²) < 4.78 is 42.5. The first-order valence-electron chi connectivity index (χ1n) is 9.13. The van der Waals surface area contributed by atoms with E-state index in [1.54, 1.807) is 12.1 Å². The number of ether oxygens (including phenoxy) is 1. The van der Waals surface area contributed by atoms with E-state index in [4.69, 9.17) is 4.74 Å². The van der Waals surface area contributed by atoms with Crippen molar-refractivity contribution >= 4 is 34.2 Å². The SMILES string of the molecule is O=C(COC(=O)CNC(=O)c1ccc(C(F)(F)F)cc1)Nc1cccc2ccccc12. The summed E-state index contributed by atoms with van der Waals surface area (Å²) in [5, 5.41) is 6.64. The number of halogens is 3. The monoisotopic (exact) mass is 430 g/mol. The van der Waals surface area contributed by atoms with Gasteiger partial charge in [-0.1, -0.05) is 36.4 Å². The fraction of sp³-hybridized carbons (Fsp3) is 0.136. The Balaban J connectivity index is 1.46. The first-order valence-corrected chi connectivity index (χ1v) is 9.13. The van der Waals surface area contributed by atoms with E-state index < -0.39 is 42.7 Å². The van der Waals surface area contributed by atoms with Gasteiger partial charge in [-0.25, -0.2) is 0 Å². The molecule has 0 aromatic heterocycles. The number of fused-ring (bicyclic) bond motifs is 1. The van der Waals surface area contributed by atoms with Crippen LogP contribution < -0.4 is 10.6 Å². The van der Waals surface area contributed by atoms with Crippen LogP contribution in [0.2, 0.25) is 0 Å². The molecule has 0 radical (unpaired) electrons. The summed E-state index contributed by atoms with van der Waals surface area (Å²) in [6.45, 7) is -1.10. The normalized spacial score (nSPS) is 11.1. The highest BCUT2D eigenvalue weighted by atomic mass is 19.4. The third kappa shape index (κ3) is 5.81. The molecule has 31 heavy (non-hydrogen) atoms. The second kappa shape index (κ2) is 9.29. The van der Waals surface area contributed by atoms with Gasteiger partial charge in [0.15, 0.2) is 6.61 Å². The summed E-state index contributed by atoms with van der Waals surface area (Å²) >= 11 is 0. The number of anilines is 1. The summed E-state index contributed by atoms with van der Waals surface area (Å²) in [5.41, 5.74) is -0.370. The van der Waals surface area contributed by atoms with Crippen LogP contribution in [-0.4, -0.2) is 30.9 Å². The van der Waals surface area contributed by atoms with Gasteiger partial charge in [0.2, 0.25) is 0 Å². The lowest BCUT2D eigenvalue weighted by Gasteiger charge is -2.10. The number of hydrogen-bond acceptors (Lipinski definition) is 4. The number of esters is 1. The number of hydrogen-bond donors (Lipinski definition) is 2. The van der Waals surface area contributed by atoms with Crippen LogP contribution in [0.25, 0.3) is 10.8 Å². The van der Waals surface area contributed by atoms with Crippen molar-refractivity contribution in [3.63, 3.8) is 0 Å². The third-order valence-electron chi connectivity index (χ3n) is 4.30. The molecule has 0 bridgehead atoms. The van der Waals surface area contributed by atoms with E-state index in [-0.39, 0.29) is 5.56 Å². The van der Waals surface area contributed by atoms with Crippen LogP contribution in [-0.2, 0) is 20.5 Å². The average Bonchev–Trinajstić information content (AvgIpc) is 2.76. The van der Waals surface area contributed by atoms with E-state index in [0.29, 0.717) is 5.69 Å². The van der Waals surface area contributed by atoms with Gasteiger partial charge in [-0.2, -0.15) is 13.2 Å². The average molecular weight is 430 g/mol. The second-order valence-corrected chi connectivity index (χ2v) is 6.49. The molecule has 0 unspecified atom stereocenters. The standard InChI is InChI=1S/C22H17F3N2O4/c23-22(24,25)16-10-8-15(9-11-16)21(30)26-12-20(29)31-13-19(28)27-18-7-3-5-14-4-1-2-6-17(14)18/h1-11H,12-13H2,(H,26,30)(H,27,28). The van der Waals surface area contributed by atoms with Crippen molar-refractivity contribution in [3.05, 3.63) is 77.9 Å². The van der Waals surface area contributed by atoms with E-state index >= 15 is 0 Å². The maximum Gasteiger partial charge on any atom is 0.416 e. The van der Waals surface area contributed by atoms with Crippen LogP contribution >= 0.6 is 0 Å². The van der Waals surface area contributed by atoms with Gasteiger partial charge in [0.25, 0.3) is 11.8 Å². The fourth-order valence-corrected chi connectivity index (χ4v) is 2.78. The molecule has 3 rings (SSSR count). The molecule has 2 N–H and O–H groups in total. The Kier molecular flexibility index (Phi) is 6.54. The summed E-state index contributed by atoms with van der Waals surface area (Å²) in [4.78, 5) is 35.8. The molecule has 2 amide bonds. The third-order valence-corrected chi connectivity index (χ3v) is 4.30. The van der Waals surface area contributed by atoms with Crippen molar-refractivity contribution in [1.82, 2.24) is 5.32 Å². The molecule has 3 aromatic rings. The molecule has 0 fully saturated rings. The highest BCUT2D eigenvalue weighted by Gasteiger charge is 2.30. The number of benzene rings is 3. The Labute approximate surface area is 175 Å². The molecule has 0 heterocycles. The minimum Gasteiger partial charge on any atom is -0.454 e. The van der Waals surface area contributed by atoms with Crippen molar-refractivity contribution in [2.24, 2.45) is 0 Å². The molecule has 0 saturated heterocycles. The van der Waals surface area contributed by atoms with Gasteiger partial charge in [0.05, 0.1) is 5.56 Å². The lowest BCUT2D eigenvalue weighted by Crippen LogP contribution is -2.32. The topological polar surface area (TPSA) is 84.5 Å². The van der Waals surface area contributed by atoms with Gasteiger partial charge in [0, 0.05) is 16.6 Å². The zero-order valence-electron chi connectivity index (χ0n) is 16.0. The van der Waals surface area contributed by atoms with E-state index in [1.807, 2.05) is 30.3 Å². The van der Waals surface area contributed by atoms with Crippen molar-refractivity contribution in [3.8, 4) is 0 Å². The van der Waals surface area contributed by atoms with E-state index in [1.165, 1.54) is 0 Å². The Morgan fingerprint density at radius 2 is 1.55 bits per heavy atom. The lowest BCUT2D eigenvalue weighted by atomic mass is 10.1. The number of amides is 2. The molecule has 0 aliphatic carbocycles. The molecular weight excluding hydrogens is 413 g/mol. The Morgan fingerprint density at radius 3 is 2.26 bits per heavy atom. The van der Waals surface area contributed by atoms with Crippen LogP contribution in [0.3, 0.4) is 0 Å². The summed E-state index contributed by atoms with van der Waals surface area (Å²) in [6, 6.07) is 16.4. The highest BCUT2D eigenvalue weighted by Crippen LogP contribution is 2.29. The first kappa shape index (κ1) is 21.8. The number of nitrogens with one attached hydrogen (secondary N) is 2. The highest BCUT2D eigenvalue weighted by molar-refractivity contribution is 6.03. The zero-order valence-corrected chi connectivity index (χ0v) is 16.0. The predicted octanol–water partition coefficient (Wildman–Crippen LogP) is 3.77. The molecule has 0 aliphatic heterocycles. The van der Waals surface area contributed by atoms with E-state index in [9.17, 15) is 27.6 Å². The number of rotatable bonds is 6. The van der Waals surface area contributed by atoms with Crippen LogP contribution in [0.5, 0.6) is 0 Å². The molecule has 0 atom stereocenters. The molecule has 160 valence electrons. The van der Waals surface area contributed by atoms with Crippen LogP contribution in [0.4, 0.5) is 18.9 Å². The zero-order chi connectivity index (χ0) is 22.4. The molecule has 0 aliphatic rings. The number of carbonyl (C=O) groups excluding carboxylic acids is 3. The molecule has 3 aromatic carbocycles. The van der Waals surface area contributed by atoms with Gasteiger partial charge in [-0.3, -0.25) is 14.4 Å². The van der Waals surface area contributed by atoms with Gasteiger partial charge < -0.3 is 15.4 Å². The van der Waals surface area contributed by atoms with Crippen molar-refractivity contribution < 1.29 is 32.3 Å². The first-order chi connectivity index (χ1) is 14.7. The molecule has 0 saturated carbocycles. The molecular formula is C22H17F3N2O4. The van der Waals surface area contributed by atoms with Gasteiger partial charge in [-0.15, -0.1) is 0 Å². The summed E-state index contributed by atoms with van der Waals surface area (Å²) in [6.07, 6.45) is -4.51. The smallest absolute Gasteiger partial charge is 0.416 e. The van der Waals surface area contributed by atoms with E-state index in [2.05, 4.69) is 10.6 Å². The van der Waals surface area contributed by atoms with Crippen molar-refractivity contribution in [2.45, 2.75) is 6.18 Å². The Bertz CT molecular complexity index is 1110. The van der Waals surface area contributed by atoms with Crippen molar-refractivity contribution in [1.29, 1.82) is 0 Å². The van der Waals surface area contributed by atoms with Gasteiger partial charge in [0.1, 0.15) is 6.54 Å². The van der Waals surface area contributed by atoms with Gasteiger partial charge >= 0.3 is 12.1 Å². The maximum absolute atomic E-state index is 12.5. The molecule has 0 spiro atoms. The Morgan fingerprint density at radius 1 is 0.871 bits per heavy atom. The lowest BCUT2D eigenvalue weighted by molar-refractivity contribution is -0.146. The van der Waals surface area contributed by atoms with E-state index in [0.717, 1.165) is 35.0 Å². The fourth-order valence-electron chi connectivity index (χ4n) is 2.78. The summed E-state index contributed by atoms with van der Waals surface area (Å²) in [5.74, 6) is -2.17. The quantitative estimate of drug-likeness (QED) is 0.583. The van der Waals surface area contributed by atoms with Crippen LogP contribution in [0.15, 0.2) is 66.7 Å². The maximum atomic E-state index is 12.5. The minimum absolute atomic E-state index is 0.0468. The summed E-state index contributed by atoms with van der Waals surface area (Å²) in [7, 11) is 0. The van der Waals surface area contributed by atoms with Gasteiger partial charge in [-0.05, 0) is 35.7 Å².